The smallest absolute Gasteiger partial charge is 0.223 e. The molecule has 0 unspecified atom stereocenters. The molecule has 0 aliphatic rings. The van der Waals surface area contributed by atoms with Crippen LogP contribution in [0.4, 0.5) is 11.4 Å². The molecule has 0 aliphatic carbocycles. The van der Waals surface area contributed by atoms with Crippen molar-refractivity contribution in [2.45, 2.75) is 45.4 Å². The summed E-state index contributed by atoms with van der Waals surface area (Å²) >= 11 is 0. The van der Waals surface area contributed by atoms with Gasteiger partial charge in [0.15, 0.2) is 0 Å². The molecule has 2 aromatic rings. The lowest BCUT2D eigenvalue weighted by molar-refractivity contribution is 0.305. The lowest BCUT2D eigenvalue weighted by Gasteiger charge is -2.09. The zero-order chi connectivity index (χ0) is 20.0. The van der Waals surface area contributed by atoms with Crippen LogP contribution < -0.4 is 21.5 Å². The van der Waals surface area contributed by atoms with Crippen molar-refractivity contribution < 1.29 is 4.74 Å². The first kappa shape index (κ1) is 21.3. The van der Waals surface area contributed by atoms with E-state index >= 15 is 0 Å². The molecule has 6 nitrogen and oxygen atoms in total. The first-order valence-corrected chi connectivity index (χ1v) is 9.91. The number of nitrogens with two attached hydrogens (primary N) is 2. The Balaban J connectivity index is 1.90. The van der Waals surface area contributed by atoms with E-state index in [1.807, 2.05) is 54.6 Å². The van der Waals surface area contributed by atoms with Crippen molar-refractivity contribution >= 4 is 23.3 Å². The average molecular weight is 382 g/mol. The zero-order valence-corrected chi connectivity index (χ0v) is 16.6. The summed E-state index contributed by atoms with van der Waals surface area (Å²) in [7, 11) is 0. The van der Waals surface area contributed by atoms with Crippen LogP contribution >= 0.6 is 0 Å². The second-order valence-electron chi connectivity index (χ2n) is 6.54. The van der Waals surface area contributed by atoms with Gasteiger partial charge in [-0.05, 0) is 30.7 Å². The Morgan fingerprint density at radius 1 is 0.893 bits per heavy atom. The van der Waals surface area contributed by atoms with Crippen LogP contribution in [0.2, 0.25) is 0 Å². The fraction of sp³-hybridized carbons (Fsp3) is 0.364. The second kappa shape index (κ2) is 12.4. The highest BCUT2D eigenvalue weighted by Gasteiger charge is 2.03. The Morgan fingerprint density at radius 3 is 2.36 bits per heavy atom. The minimum atomic E-state index is 0.0662. The van der Waals surface area contributed by atoms with E-state index in [-0.39, 0.29) is 11.9 Å². The van der Waals surface area contributed by atoms with Gasteiger partial charge in [0.25, 0.3) is 0 Å². The minimum absolute atomic E-state index is 0.0662. The summed E-state index contributed by atoms with van der Waals surface area (Å²) < 4.78 is 5.89. The van der Waals surface area contributed by atoms with Crippen LogP contribution in [0.25, 0.3) is 0 Å². The molecule has 28 heavy (non-hydrogen) atoms. The molecule has 0 spiro atoms. The fourth-order valence-corrected chi connectivity index (χ4v) is 2.71. The quantitative estimate of drug-likeness (QED) is 0.313. The van der Waals surface area contributed by atoms with Gasteiger partial charge in [-0.3, -0.25) is 0 Å². The number of hydrogen-bond donors (Lipinski definition) is 3. The second-order valence-corrected chi connectivity index (χ2v) is 6.54. The van der Waals surface area contributed by atoms with Crippen LogP contribution in [0.1, 0.15) is 45.4 Å². The van der Waals surface area contributed by atoms with Crippen LogP contribution in [-0.2, 0) is 0 Å². The van der Waals surface area contributed by atoms with Gasteiger partial charge in [0.1, 0.15) is 11.4 Å². The van der Waals surface area contributed by atoms with Gasteiger partial charge in [0.2, 0.25) is 11.9 Å². The summed E-state index contributed by atoms with van der Waals surface area (Å²) in [6, 6.07) is 17.1. The molecule has 0 amide bonds. The van der Waals surface area contributed by atoms with E-state index in [9.17, 15) is 0 Å². The molecular weight excluding hydrogens is 350 g/mol. The molecule has 5 N–H and O–H groups in total. The van der Waals surface area contributed by atoms with Gasteiger partial charge < -0.3 is 21.5 Å². The highest BCUT2D eigenvalue weighted by molar-refractivity contribution is 6.01. The van der Waals surface area contributed by atoms with E-state index in [2.05, 4.69) is 22.2 Å². The minimum Gasteiger partial charge on any atom is -0.491 e. The third-order valence-corrected chi connectivity index (χ3v) is 4.14. The summed E-state index contributed by atoms with van der Waals surface area (Å²) in [6.45, 7) is 2.89. The number of unbranched alkanes of at least 4 members (excludes halogenated alkanes) is 5. The lowest BCUT2D eigenvalue weighted by Crippen LogP contribution is -2.26. The molecule has 6 heteroatoms. The normalized spacial score (nSPS) is 12.0. The summed E-state index contributed by atoms with van der Waals surface area (Å²) in [4.78, 5) is 8.44. The van der Waals surface area contributed by atoms with Crippen molar-refractivity contribution in [3.8, 4) is 5.75 Å². The predicted molar refractivity (Wildman–Crippen MR) is 118 cm³/mol. The standard InChI is InChI=1S/C22H31N5O/c1-2-3-4-5-6-12-17-28-20-16-11-10-15-19(20)26-22(24)27-21(23)25-18-13-8-7-9-14-18/h7-11,13-16H,2-6,12,17H2,1H3,(H5,23,24,25,26,27). The Kier molecular flexibility index (Phi) is 9.41. The number of anilines is 1. The molecular formula is C22H31N5O. The number of guanidine groups is 2. The Hall–Kier alpha value is -3.02. The first-order valence-electron chi connectivity index (χ1n) is 9.91. The molecule has 2 aromatic carbocycles. The number of rotatable bonds is 10. The van der Waals surface area contributed by atoms with Crippen molar-refractivity contribution in [2.75, 3.05) is 11.9 Å². The molecule has 0 aliphatic heterocycles. The summed E-state index contributed by atoms with van der Waals surface area (Å²) in [5.41, 5.74) is 13.3. The van der Waals surface area contributed by atoms with Gasteiger partial charge in [-0.1, -0.05) is 69.4 Å². The lowest BCUT2D eigenvalue weighted by atomic mass is 10.1. The topological polar surface area (TPSA) is 98.0 Å². The number of ether oxygens (including phenoxy) is 1. The highest BCUT2D eigenvalue weighted by atomic mass is 16.5. The molecule has 150 valence electrons. The monoisotopic (exact) mass is 381 g/mol. The number of aliphatic imine (C=N–C) groups is 2. The maximum atomic E-state index is 5.94. The SMILES string of the molecule is CCCCCCCCOc1ccccc1N=C(N)/N=C(\N)Nc1ccccc1. The summed E-state index contributed by atoms with van der Waals surface area (Å²) in [5.74, 6) is 0.943. The van der Waals surface area contributed by atoms with Crippen LogP contribution in [0.15, 0.2) is 64.6 Å². The molecule has 0 atom stereocenters. The third-order valence-electron chi connectivity index (χ3n) is 4.14. The van der Waals surface area contributed by atoms with E-state index < -0.39 is 0 Å². The number of nitrogens with one attached hydrogen (secondary N) is 1. The summed E-state index contributed by atoms with van der Waals surface area (Å²) in [5, 5.41) is 2.97. The number of benzene rings is 2. The van der Waals surface area contributed by atoms with Gasteiger partial charge in [-0.25, -0.2) is 4.99 Å². The first-order chi connectivity index (χ1) is 13.7. The fourth-order valence-electron chi connectivity index (χ4n) is 2.71. The van der Waals surface area contributed by atoms with Gasteiger partial charge in [-0.2, -0.15) is 4.99 Å². The Morgan fingerprint density at radius 2 is 1.57 bits per heavy atom. The van der Waals surface area contributed by atoms with Crippen LogP contribution in [-0.4, -0.2) is 18.5 Å². The van der Waals surface area contributed by atoms with Crippen LogP contribution in [0, 0.1) is 0 Å². The van der Waals surface area contributed by atoms with E-state index in [4.69, 9.17) is 16.2 Å². The number of nitrogens with zero attached hydrogens (tertiary/aromatic N) is 2. The Labute approximate surface area is 167 Å². The van der Waals surface area contributed by atoms with Crippen LogP contribution in [0.5, 0.6) is 5.75 Å². The number of para-hydroxylation sites is 3. The van der Waals surface area contributed by atoms with E-state index in [0.717, 1.165) is 12.1 Å². The highest BCUT2D eigenvalue weighted by Crippen LogP contribution is 2.27. The van der Waals surface area contributed by atoms with E-state index in [0.29, 0.717) is 18.0 Å². The molecule has 0 heterocycles. The number of hydrogen-bond acceptors (Lipinski definition) is 2. The summed E-state index contributed by atoms with van der Waals surface area (Å²) in [6.07, 6.45) is 7.33. The molecule has 0 radical (unpaired) electrons. The van der Waals surface area contributed by atoms with Crippen molar-refractivity contribution in [1.29, 1.82) is 0 Å². The van der Waals surface area contributed by atoms with Crippen molar-refractivity contribution in [3.05, 3.63) is 54.6 Å². The molecule has 0 fully saturated rings. The van der Waals surface area contributed by atoms with Crippen molar-refractivity contribution in [3.63, 3.8) is 0 Å². The maximum Gasteiger partial charge on any atom is 0.223 e. The van der Waals surface area contributed by atoms with Gasteiger partial charge in [0.05, 0.1) is 6.61 Å². The Bertz CT molecular complexity index is 759. The van der Waals surface area contributed by atoms with Crippen molar-refractivity contribution in [1.82, 2.24) is 0 Å². The molecule has 0 bridgehead atoms. The molecule has 0 aromatic heterocycles. The van der Waals surface area contributed by atoms with E-state index in [1.165, 1.54) is 32.1 Å². The van der Waals surface area contributed by atoms with Crippen molar-refractivity contribution in [2.24, 2.45) is 21.5 Å². The van der Waals surface area contributed by atoms with Gasteiger partial charge >= 0.3 is 0 Å². The van der Waals surface area contributed by atoms with Crippen LogP contribution in [0.3, 0.4) is 0 Å². The predicted octanol–water partition coefficient (Wildman–Crippen LogP) is 4.80. The average Bonchev–Trinajstić information content (AvgIpc) is 2.69. The molecule has 2 rings (SSSR count). The largest absolute Gasteiger partial charge is 0.491 e. The molecule has 0 saturated carbocycles. The van der Waals surface area contributed by atoms with Gasteiger partial charge in [-0.15, -0.1) is 0 Å². The van der Waals surface area contributed by atoms with Gasteiger partial charge in [0, 0.05) is 5.69 Å². The third kappa shape index (κ3) is 8.12. The van der Waals surface area contributed by atoms with E-state index in [1.54, 1.807) is 0 Å². The maximum absolute atomic E-state index is 5.94. The molecule has 0 saturated heterocycles. The zero-order valence-electron chi connectivity index (χ0n) is 16.6.